The van der Waals surface area contributed by atoms with Crippen LogP contribution in [0.1, 0.15) is 51.1 Å². The Labute approximate surface area is 253 Å². The van der Waals surface area contributed by atoms with Gasteiger partial charge < -0.3 is 19.9 Å². The van der Waals surface area contributed by atoms with Crippen LogP contribution >= 0.6 is 0 Å². The summed E-state index contributed by atoms with van der Waals surface area (Å²) >= 11 is 0. The number of likely N-dealkylation sites (tertiary alicyclic amines) is 1. The van der Waals surface area contributed by atoms with Crippen LogP contribution in [0.5, 0.6) is 11.5 Å². The Morgan fingerprint density at radius 1 is 1.02 bits per heavy atom. The fourth-order valence-corrected chi connectivity index (χ4v) is 5.37. The lowest BCUT2D eigenvalue weighted by molar-refractivity contribution is -0.137. The third kappa shape index (κ3) is 7.27. The number of hydrogen-bond acceptors (Lipinski definition) is 5. The van der Waals surface area contributed by atoms with Crippen molar-refractivity contribution < 1.29 is 27.5 Å². The van der Waals surface area contributed by atoms with Crippen LogP contribution in [-0.2, 0) is 12.7 Å². The predicted molar refractivity (Wildman–Crippen MR) is 162 cm³/mol. The molecule has 0 radical (unpaired) electrons. The van der Waals surface area contributed by atoms with Crippen LogP contribution in [0, 0.1) is 12.8 Å². The highest BCUT2D eigenvalue weighted by molar-refractivity contribution is 6.00. The number of rotatable bonds is 9. The Balaban J connectivity index is 1.13. The van der Waals surface area contributed by atoms with Gasteiger partial charge in [-0.25, -0.2) is 0 Å². The van der Waals surface area contributed by atoms with Crippen molar-refractivity contribution in [3.05, 3.63) is 89.1 Å². The largest absolute Gasteiger partial charge is 0.457 e. The van der Waals surface area contributed by atoms with E-state index in [0.29, 0.717) is 48.8 Å². The molecule has 44 heavy (non-hydrogen) atoms. The van der Waals surface area contributed by atoms with Crippen molar-refractivity contribution in [2.75, 3.05) is 26.7 Å². The van der Waals surface area contributed by atoms with Crippen LogP contribution in [0.2, 0.25) is 0 Å². The zero-order valence-corrected chi connectivity index (χ0v) is 24.6. The van der Waals surface area contributed by atoms with Gasteiger partial charge >= 0.3 is 6.18 Å². The number of nitrogens with one attached hydrogen (secondary N) is 1. The number of hydrogen-bond donors (Lipinski definition) is 1. The minimum Gasteiger partial charge on any atom is -0.457 e. The van der Waals surface area contributed by atoms with Crippen LogP contribution < -0.4 is 10.1 Å². The number of aryl methyl sites for hydroxylation is 1. The van der Waals surface area contributed by atoms with E-state index in [9.17, 15) is 22.8 Å². The maximum atomic E-state index is 13.1. The lowest BCUT2D eigenvalue weighted by atomic mass is 9.96. The highest BCUT2D eigenvalue weighted by atomic mass is 19.4. The van der Waals surface area contributed by atoms with E-state index in [2.05, 4.69) is 10.3 Å². The highest BCUT2D eigenvalue weighted by Gasteiger charge is 2.30. The van der Waals surface area contributed by atoms with E-state index in [-0.39, 0.29) is 17.6 Å². The van der Waals surface area contributed by atoms with E-state index in [1.807, 2.05) is 34.8 Å². The molecule has 1 N–H and O–H groups in total. The number of fused-ring (bicyclic) bond motifs is 1. The number of ether oxygens (including phenoxy) is 1. The minimum atomic E-state index is -4.41. The molecule has 11 heteroatoms. The summed E-state index contributed by atoms with van der Waals surface area (Å²) < 4.78 is 45.9. The van der Waals surface area contributed by atoms with Crippen LogP contribution in [-0.4, -0.2) is 59.4 Å². The Bertz CT molecular complexity index is 1640. The number of piperidine rings is 1. The number of amides is 2. The second-order valence-corrected chi connectivity index (χ2v) is 10.9. The molecule has 0 saturated carbocycles. The number of carbonyl (C=O) groups excluding carboxylic acids is 2. The molecule has 1 aliphatic heterocycles. The number of aromatic nitrogens is 2. The Morgan fingerprint density at radius 3 is 2.32 bits per heavy atom. The molecule has 230 valence electrons. The van der Waals surface area contributed by atoms with Gasteiger partial charge in [-0.3, -0.25) is 14.3 Å². The Hall–Kier alpha value is -4.67. The molecule has 1 aliphatic rings. The molecular formula is C33H34F3N5O3. The zero-order valence-electron chi connectivity index (χ0n) is 24.6. The molecule has 0 atom stereocenters. The van der Waals surface area contributed by atoms with E-state index < -0.39 is 11.7 Å². The topological polar surface area (TPSA) is 88.8 Å². The molecular weight excluding hydrogens is 571 g/mol. The summed E-state index contributed by atoms with van der Waals surface area (Å²) in [5, 5.41) is 8.61. The normalized spacial score (nSPS) is 14.3. The minimum absolute atomic E-state index is 0.0715. The number of benzene rings is 3. The van der Waals surface area contributed by atoms with Crippen LogP contribution in [0.3, 0.4) is 0 Å². The van der Waals surface area contributed by atoms with Gasteiger partial charge in [-0.2, -0.15) is 18.3 Å². The van der Waals surface area contributed by atoms with Crippen molar-refractivity contribution in [3.8, 4) is 11.5 Å². The third-order valence-corrected chi connectivity index (χ3v) is 7.86. The van der Waals surface area contributed by atoms with E-state index in [4.69, 9.17) is 9.84 Å². The first kappa shape index (κ1) is 30.8. The summed E-state index contributed by atoms with van der Waals surface area (Å²) in [4.78, 5) is 31.6. The van der Waals surface area contributed by atoms with Crippen molar-refractivity contribution in [3.63, 3.8) is 0 Å². The van der Waals surface area contributed by atoms with Crippen LogP contribution in [0.4, 0.5) is 13.2 Å². The van der Waals surface area contributed by atoms with Crippen molar-refractivity contribution in [1.29, 1.82) is 0 Å². The van der Waals surface area contributed by atoms with Gasteiger partial charge in [0.2, 0.25) is 0 Å². The van der Waals surface area contributed by atoms with Crippen molar-refractivity contribution in [2.45, 2.75) is 38.9 Å². The fraction of sp³-hybridized carbons (Fsp3) is 0.333. The lowest BCUT2D eigenvalue weighted by Gasteiger charge is -2.32. The number of halogens is 3. The molecule has 1 fully saturated rings. The third-order valence-electron chi connectivity index (χ3n) is 7.86. The van der Waals surface area contributed by atoms with Gasteiger partial charge in [-0.05, 0) is 98.3 Å². The number of alkyl halides is 3. The molecule has 0 bridgehead atoms. The molecule has 3 aromatic carbocycles. The van der Waals surface area contributed by atoms with E-state index in [0.717, 1.165) is 48.0 Å². The predicted octanol–water partition coefficient (Wildman–Crippen LogP) is 6.53. The first-order valence-corrected chi connectivity index (χ1v) is 14.5. The van der Waals surface area contributed by atoms with Gasteiger partial charge in [0.25, 0.3) is 11.8 Å². The molecule has 8 nitrogen and oxygen atoms in total. The zero-order chi connectivity index (χ0) is 31.3. The van der Waals surface area contributed by atoms with Crippen molar-refractivity contribution in [2.24, 2.45) is 10.9 Å². The standard InChI is InChI=1S/C33H34F3N5O3/c1-22-28(31(42)38-17-3-16-37-2)12-13-30-29(22)21-41(39-30)20-23-14-18-40(19-15-23)32(43)24-4-8-26(9-5-24)44-27-10-6-25(7-11-27)33(34,35)36/h4-13,16,21,23H,3,14-15,17-20H2,1-2H3,(H,38,42). The average Bonchev–Trinajstić information content (AvgIpc) is 3.43. The van der Waals surface area contributed by atoms with E-state index in [1.54, 1.807) is 37.5 Å². The monoisotopic (exact) mass is 605 g/mol. The molecule has 2 heterocycles. The van der Waals surface area contributed by atoms with Crippen LogP contribution in [0.25, 0.3) is 10.9 Å². The molecule has 1 aromatic heterocycles. The van der Waals surface area contributed by atoms with Crippen molar-refractivity contribution in [1.82, 2.24) is 20.0 Å². The van der Waals surface area contributed by atoms with Gasteiger partial charge in [0, 0.05) is 62.2 Å². The van der Waals surface area contributed by atoms with E-state index in [1.165, 1.54) is 12.1 Å². The summed E-state index contributed by atoms with van der Waals surface area (Å²) in [5.41, 5.74) is 2.15. The molecule has 5 rings (SSSR count). The van der Waals surface area contributed by atoms with Gasteiger partial charge in [-0.15, -0.1) is 0 Å². The summed E-state index contributed by atoms with van der Waals surface area (Å²) in [6.07, 6.45) is 1.72. The summed E-state index contributed by atoms with van der Waals surface area (Å²) in [6, 6.07) is 14.8. The molecule has 2 amide bonds. The SMILES string of the molecule is CN=CCCNC(=O)c1ccc2nn(CC3CCN(C(=O)c4ccc(Oc5ccc(C(F)(F)F)cc5)cc4)CC3)cc2c1C. The Kier molecular flexibility index (Phi) is 9.32. The van der Waals surface area contributed by atoms with Crippen LogP contribution in [0.15, 0.2) is 71.9 Å². The highest BCUT2D eigenvalue weighted by Crippen LogP contribution is 2.32. The van der Waals surface area contributed by atoms with E-state index >= 15 is 0 Å². The van der Waals surface area contributed by atoms with Gasteiger partial charge in [0.05, 0.1) is 11.1 Å². The summed E-state index contributed by atoms with van der Waals surface area (Å²) in [7, 11) is 1.71. The lowest BCUT2D eigenvalue weighted by Crippen LogP contribution is -2.39. The van der Waals surface area contributed by atoms with Gasteiger partial charge in [0.15, 0.2) is 0 Å². The maximum Gasteiger partial charge on any atom is 0.416 e. The number of aliphatic imine (C=N–C) groups is 1. The number of nitrogens with zero attached hydrogens (tertiary/aromatic N) is 4. The summed E-state index contributed by atoms with van der Waals surface area (Å²) in [6.45, 7) is 4.44. The second kappa shape index (κ2) is 13.3. The van der Waals surface area contributed by atoms with Gasteiger partial charge in [0.1, 0.15) is 11.5 Å². The first-order valence-electron chi connectivity index (χ1n) is 14.5. The fourth-order valence-electron chi connectivity index (χ4n) is 5.37. The van der Waals surface area contributed by atoms with Crippen molar-refractivity contribution >= 4 is 28.9 Å². The Morgan fingerprint density at radius 2 is 1.68 bits per heavy atom. The molecule has 0 spiro atoms. The maximum absolute atomic E-state index is 13.1. The number of carbonyl (C=O) groups is 2. The smallest absolute Gasteiger partial charge is 0.416 e. The molecule has 4 aromatic rings. The molecule has 1 saturated heterocycles. The van der Waals surface area contributed by atoms with Gasteiger partial charge in [-0.1, -0.05) is 0 Å². The quantitative estimate of drug-likeness (QED) is 0.174. The first-order chi connectivity index (χ1) is 21.1. The second-order valence-electron chi connectivity index (χ2n) is 10.9. The summed E-state index contributed by atoms with van der Waals surface area (Å²) in [5.74, 6) is 0.879. The molecule has 0 unspecified atom stereocenters. The molecule has 0 aliphatic carbocycles. The average molecular weight is 606 g/mol.